The minimum absolute atomic E-state index is 0.0520. The molecule has 3 N–H and O–H groups in total. The molecule has 3 nitrogen and oxygen atoms in total. The number of carbonyl (C=O) groups excluding carboxylic acids is 1. The lowest BCUT2D eigenvalue weighted by atomic mass is 10.1. The second kappa shape index (κ2) is 3.66. The average Bonchev–Trinajstić information content (AvgIpc) is 2.90. The van der Waals surface area contributed by atoms with Gasteiger partial charge in [-0.05, 0) is 18.9 Å². The first-order valence-electron chi connectivity index (χ1n) is 5.20. The number of amides is 1. The lowest BCUT2D eigenvalue weighted by molar-refractivity contribution is -0.117. The first-order valence-corrected chi connectivity index (χ1v) is 5.20. The van der Waals surface area contributed by atoms with E-state index in [9.17, 15) is 4.79 Å². The van der Waals surface area contributed by atoms with Crippen molar-refractivity contribution < 1.29 is 4.79 Å². The highest BCUT2D eigenvalue weighted by Gasteiger charge is 2.50. The molecule has 0 aliphatic heterocycles. The number of rotatable bonds is 4. The fourth-order valence-corrected chi connectivity index (χ4v) is 2.02. The molecule has 0 radical (unpaired) electrons. The SMILES string of the molecule is C[C@@]1(NCC(N)=O)C[C@H]1c1ccccc1. The predicted molar refractivity (Wildman–Crippen MR) is 59.4 cm³/mol. The maximum Gasteiger partial charge on any atom is 0.231 e. The summed E-state index contributed by atoms with van der Waals surface area (Å²) in [5, 5.41) is 3.21. The molecule has 0 bridgehead atoms. The average molecular weight is 204 g/mol. The molecular weight excluding hydrogens is 188 g/mol. The summed E-state index contributed by atoms with van der Waals surface area (Å²) in [6.07, 6.45) is 1.07. The number of carbonyl (C=O) groups is 1. The second-order valence-corrected chi connectivity index (χ2v) is 4.40. The third-order valence-electron chi connectivity index (χ3n) is 3.11. The Labute approximate surface area is 89.7 Å². The van der Waals surface area contributed by atoms with Gasteiger partial charge in [-0.1, -0.05) is 30.3 Å². The van der Waals surface area contributed by atoms with Gasteiger partial charge in [0.1, 0.15) is 0 Å². The summed E-state index contributed by atoms with van der Waals surface area (Å²) in [4.78, 5) is 10.7. The Bertz CT molecular complexity index is 363. The third-order valence-corrected chi connectivity index (χ3v) is 3.11. The standard InChI is InChI=1S/C12H16N2O/c1-12(14-8-11(13)15)7-10(12)9-5-3-2-4-6-9/h2-6,10,14H,7-8H2,1H3,(H2,13,15)/t10-,12+/m0/s1. The molecule has 1 amide bonds. The zero-order valence-electron chi connectivity index (χ0n) is 8.86. The van der Waals surface area contributed by atoms with Crippen LogP contribution in [0.15, 0.2) is 30.3 Å². The number of nitrogens with two attached hydrogens (primary N) is 1. The van der Waals surface area contributed by atoms with Crippen molar-refractivity contribution in [3.05, 3.63) is 35.9 Å². The van der Waals surface area contributed by atoms with Crippen LogP contribution in [0.1, 0.15) is 24.8 Å². The largest absolute Gasteiger partial charge is 0.369 e. The summed E-state index contributed by atoms with van der Waals surface area (Å²) in [6.45, 7) is 2.40. The van der Waals surface area contributed by atoms with Gasteiger partial charge in [-0.2, -0.15) is 0 Å². The second-order valence-electron chi connectivity index (χ2n) is 4.40. The summed E-state index contributed by atoms with van der Waals surface area (Å²) in [7, 11) is 0. The number of primary amides is 1. The highest BCUT2D eigenvalue weighted by Crippen LogP contribution is 2.50. The summed E-state index contributed by atoms with van der Waals surface area (Å²) in [5.41, 5.74) is 6.49. The van der Waals surface area contributed by atoms with Crippen molar-refractivity contribution in [3.8, 4) is 0 Å². The van der Waals surface area contributed by atoms with Crippen LogP contribution >= 0.6 is 0 Å². The van der Waals surface area contributed by atoms with E-state index >= 15 is 0 Å². The third kappa shape index (κ3) is 2.18. The number of benzene rings is 1. The lowest BCUT2D eigenvalue weighted by Gasteiger charge is -2.12. The summed E-state index contributed by atoms with van der Waals surface area (Å²) in [5.74, 6) is 0.216. The van der Waals surface area contributed by atoms with Crippen LogP contribution < -0.4 is 11.1 Å². The van der Waals surface area contributed by atoms with Gasteiger partial charge in [-0.15, -0.1) is 0 Å². The van der Waals surface area contributed by atoms with Crippen LogP contribution in [-0.4, -0.2) is 18.0 Å². The van der Waals surface area contributed by atoms with Crippen molar-refractivity contribution in [1.82, 2.24) is 5.32 Å². The van der Waals surface area contributed by atoms with Gasteiger partial charge < -0.3 is 11.1 Å². The maximum absolute atomic E-state index is 10.7. The molecule has 0 saturated heterocycles. The van der Waals surface area contributed by atoms with Crippen molar-refractivity contribution >= 4 is 5.91 Å². The quantitative estimate of drug-likeness (QED) is 0.769. The van der Waals surface area contributed by atoms with Crippen LogP contribution in [0, 0.1) is 0 Å². The van der Waals surface area contributed by atoms with Crippen LogP contribution in [0.2, 0.25) is 0 Å². The Morgan fingerprint density at radius 2 is 2.20 bits per heavy atom. The summed E-state index contributed by atoms with van der Waals surface area (Å²) in [6, 6.07) is 10.4. The molecule has 15 heavy (non-hydrogen) atoms. The van der Waals surface area contributed by atoms with Gasteiger partial charge in [0, 0.05) is 11.5 Å². The van der Waals surface area contributed by atoms with E-state index < -0.39 is 0 Å². The van der Waals surface area contributed by atoms with Gasteiger partial charge in [0.25, 0.3) is 0 Å². The molecule has 1 aromatic carbocycles. The number of hydrogen-bond donors (Lipinski definition) is 2. The molecule has 0 unspecified atom stereocenters. The number of hydrogen-bond acceptors (Lipinski definition) is 2. The molecule has 2 atom stereocenters. The first-order chi connectivity index (χ1) is 7.12. The van der Waals surface area contributed by atoms with E-state index in [1.54, 1.807) is 0 Å². The van der Waals surface area contributed by atoms with Crippen molar-refractivity contribution in [2.45, 2.75) is 24.8 Å². The Kier molecular flexibility index (Phi) is 2.49. The van der Waals surface area contributed by atoms with Crippen LogP contribution in [0.4, 0.5) is 0 Å². The molecule has 3 heteroatoms. The van der Waals surface area contributed by atoms with Gasteiger partial charge in [-0.25, -0.2) is 0 Å². The molecule has 1 aliphatic carbocycles. The summed E-state index contributed by atoms with van der Waals surface area (Å²) < 4.78 is 0. The summed E-state index contributed by atoms with van der Waals surface area (Å²) >= 11 is 0. The lowest BCUT2D eigenvalue weighted by Crippen LogP contribution is -2.37. The Hall–Kier alpha value is -1.35. The van der Waals surface area contributed by atoms with E-state index in [0.29, 0.717) is 5.92 Å². The highest BCUT2D eigenvalue weighted by molar-refractivity contribution is 5.76. The van der Waals surface area contributed by atoms with Crippen molar-refractivity contribution in [2.24, 2.45) is 5.73 Å². The Morgan fingerprint density at radius 3 is 2.80 bits per heavy atom. The fraction of sp³-hybridized carbons (Fsp3) is 0.417. The molecule has 1 fully saturated rings. The molecule has 1 aromatic rings. The van der Waals surface area contributed by atoms with E-state index in [1.165, 1.54) is 5.56 Å². The minimum Gasteiger partial charge on any atom is -0.369 e. The minimum atomic E-state index is -0.296. The molecule has 80 valence electrons. The first kappa shape index (κ1) is 10.2. The Balaban J connectivity index is 1.97. The Morgan fingerprint density at radius 1 is 1.53 bits per heavy atom. The zero-order chi connectivity index (χ0) is 10.9. The van der Waals surface area contributed by atoms with E-state index in [-0.39, 0.29) is 18.0 Å². The van der Waals surface area contributed by atoms with Crippen LogP contribution in [0.3, 0.4) is 0 Å². The molecule has 0 aromatic heterocycles. The molecule has 1 saturated carbocycles. The molecule has 0 heterocycles. The predicted octanol–water partition coefficient (Wildman–Crippen LogP) is 1.01. The topological polar surface area (TPSA) is 55.1 Å². The van der Waals surface area contributed by atoms with Crippen LogP contribution in [-0.2, 0) is 4.79 Å². The van der Waals surface area contributed by atoms with E-state index in [4.69, 9.17) is 5.73 Å². The van der Waals surface area contributed by atoms with Gasteiger partial charge >= 0.3 is 0 Å². The van der Waals surface area contributed by atoms with Gasteiger partial charge in [0.05, 0.1) is 6.54 Å². The number of nitrogens with one attached hydrogen (secondary N) is 1. The van der Waals surface area contributed by atoms with Gasteiger partial charge in [0.2, 0.25) is 5.91 Å². The molecule has 0 spiro atoms. The van der Waals surface area contributed by atoms with Crippen LogP contribution in [0.5, 0.6) is 0 Å². The van der Waals surface area contributed by atoms with Crippen LogP contribution in [0.25, 0.3) is 0 Å². The van der Waals surface area contributed by atoms with Gasteiger partial charge in [0.15, 0.2) is 0 Å². The van der Waals surface area contributed by atoms with E-state index in [0.717, 1.165) is 6.42 Å². The maximum atomic E-state index is 10.7. The highest BCUT2D eigenvalue weighted by atomic mass is 16.1. The molecular formula is C12H16N2O. The zero-order valence-corrected chi connectivity index (χ0v) is 8.86. The van der Waals surface area contributed by atoms with Crippen molar-refractivity contribution in [2.75, 3.05) is 6.54 Å². The monoisotopic (exact) mass is 204 g/mol. The smallest absolute Gasteiger partial charge is 0.231 e. The molecule has 2 rings (SSSR count). The van der Waals surface area contributed by atoms with Gasteiger partial charge in [-0.3, -0.25) is 4.79 Å². The van der Waals surface area contributed by atoms with E-state index in [2.05, 4.69) is 24.4 Å². The molecule has 1 aliphatic rings. The van der Waals surface area contributed by atoms with Crippen molar-refractivity contribution in [3.63, 3.8) is 0 Å². The fourth-order valence-electron chi connectivity index (χ4n) is 2.02. The van der Waals surface area contributed by atoms with E-state index in [1.807, 2.05) is 18.2 Å². The van der Waals surface area contributed by atoms with Crippen molar-refractivity contribution in [1.29, 1.82) is 0 Å². The normalized spacial score (nSPS) is 28.7.